The summed E-state index contributed by atoms with van der Waals surface area (Å²) in [5.41, 5.74) is 0.830. The van der Waals surface area contributed by atoms with E-state index in [9.17, 15) is 9.59 Å². The van der Waals surface area contributed by atoms with Crippen LogP contribution in [0.25, 0.3) is 0 Å². The number of amides is 2. The number of hydrogen-bond acceptors (Lipinski definition) is 3. The lowest BCUT2D eigenvalue weighted by Crippen LogP contribution is -2.38. The number of halogens is 1. The number of carbonyl (C=O) groups excluding carboxylic acids is 2. The molecular formula is C17H24BrN3O2. The summed E-state index contributed by atoms with van der Waals surface area (Å²) in [6, 6.07) is 7.60. The molecule has 1 atom stereocenters. The summed E-state index contributed by atoms with van der Waals surface area (Å²) in [4.78, 5) is 28.5. The van der Waals surface area contributed by atoms with Gasteiger partial charge in [0, 0.05) is 30.5 Å². The quantitative estimate of drug-likeness (QED) is 0.787. The van der Waals surface area contributed by atoms with E-state index < -0.39 is 0 Å². The number of carbonyl (C=O) groups is 2. The molecule has 1 saturated heterocycles. The number of para-hydroxylation sites is 1. The zero-order chi connectivity index (χ0) is 16.8. The molecule has 2 rings (SSSR count). The summed E-state index contributed by atoms with van der Waals surface area (Å²) in [6.07, 6.45) is 0.276. The van der Waals surface area contributed by atoms with Crippen LogP contribution >= 0.6 is 15.9 Å². The number of nitrogens with zero attached hydrogens (tertiary/aromatic N) is 2. The van der Waals surface area contributed by atoms with Crippen molar-refractivity contribution in [2.45, 2.75) is 20.3 Å². The maximum atomic E-state index is 12.3. The van der Waals surface area contributed by atoms with E-state index in [1.165, 1.54) is 0 Å². The van der Waals surface area contributed by atoms with Crippen molar-refractivity contribution in [1.29, 1.82) is 0 Å². The molecule has 1 N–H and O–H groups in total. The van der Waals surface area contributed by atoms with E-state index in [2.05, 4.69) is 40.0 Å². The maximum Gasteiger partial charge on any atom is 0.227 e. The Kier molecular flexibility index (Phi) is 6.59. The molecule has 1 aromatic rings. The van der Waals surface area contributed by atoms with Crippen LogP contribution in [0.3, 0.4) is 0 Å². The number of hydrogen-bond donors (Lipinski definition) is 1. The van der Waals surface area contributed by atoms with Crippen LogP contribution < -0.4 is 10.2 Å². The molecule has 0 radical (unpaired) electrons. The van der Waals surface area contributed by atoms with E-state index >= 15 is 0 Å². The number of likely N-dealkylation sites (N-methyl/N-ethyl adjacent to an activating group) is 1. The van der Waals surface area contributed by atoms with E-state index in [0.29, 0.717) is 13.1 Å². The minimum Gasteiger partial charge on any atom is -0.355 e. The number of rotatable bonds is 7. The summed E-state index contributed by atoms with van der Waals surface area (Å²) < 4.78 is 0.871. The lowest BCUT2D eigenvalue weighted by Gasteiger charge is -2.19. The first-order valence-corrected chi connectivity index (χ1v) is 8.91. The Morgan fingerprint density at radius 2 is 2.04 bits per heavy atom. The normalized spacial score (nSPS) is 17.8. The molecule has 6 heteroatoms. The van der Waals surface area contributed by atoms with E-state index in [-0.39, 0.29) is 24.2 Å². The van der Waals surface area contributed by atoms with Gasteiger partial charge in [0.05, 0.1) is 11.6 Å². The third kappa shape index (κ3) is 4.54. The van der Waals surface area contributed by atoms with Crippen molar-refractivity contribution in [1.82, 2.24) is 10.2 Å². The second kappa shape index (κ2) is 8.45. The molecular weight excluding hydrogens is 358 g/mol. The third-order valence-electron chi connectivity index (χ3n) is 4.26. The highest BCUT2D eigenvalue weighted by Gasteiger charge is 2.35. The first kappa shape index (κ1) is 17.9. The smallest absolute Gasteiger partial charge is 0.227 e. The lowest BCUT2D eigenvalue weighted by atomic mass is 10.1. The first-order valence-electron chi connectivity index (χ1n) is 8.11. The average molecular weight is 382 g/mol. The SMILES string of the molecule is CCN(CC)CCNC(=O)C1CC(=O)N(c2ccccc2Br)C1. The van der Waals surface area contributed by atoms with Crippen molar-refractivity contribution in [3.8, 4) is 0 Å². The molecule has 1 unspecified atom stereocenters. The van der Waals surface area contributed by atoms with Gasteiger partial charge >= 0.3 is 0 Å². The van der Waals surface area contributed by atoms with Crippen LogP contribution in [-0.2, 0) is 9.59 Å². The largest absolute Gasteiger partial charge is 0.355 e. The predicted molar refractivity (Wildman–Crippen MR) is 95.4 cm³/mol. The van der Waals surface area contributed by atoms with Gasteiger partial charge in [-0.25, -0.2) is 0 Å². The maximum absolute atomic E-state index is 12.3. The van der Waals surface area contributed by atoms with Crippen molar-refractivity contribution in [2.24, 2.45) is 5.92 Å². The Balaban J connectivity index is 1.89. The Labute approximate surface area is 146 Å². The molecule has 0 spiro atoms. The molecule has 1 aliphatic rings. The van der Waals surface area contributed by atoms with Gasteiger partial charge < -0.3 is 15.1 Å². The van der Waals surface area contributed by atoms with Gasteiger partial charge in [-0.15, -0.1) is 0 Å². The average Bonchev–Trinajstić information content (AvgIpc) is 2.94. The van der Waals surface area contributed by atoms with Crippen molar-refractivity contribution in [3.63, 3.8) is 0 Å². The van der Waals surface area contributed by atoms with Crippen LogP contribution in [0.4, 0.5) is 5.69 Å². The van der Waals surface area contributed by atoms with E-state index in [1.54, 1.807) is 4.90 Å². The monoisotopic (exact) mass is 381 g/mol. The zero-order valence-electron chi connectivity index (χ0n) is 13.7. The summed E-state index contributed by atoms with van der Waals surface area (Å²) in [6.45, 7) is 8.08. The van der Waals surface area contributed by atoms with E-state index in [1.807, 2.05) is 24.3 Å². The molecule has 0 aromatic heterocycles. The Morgan fingerprint density at radius 3 is 2.70 bits per heavy atom. The van der Waals surface area contributed by atoms with Gasteiger partial charge in [-0.3, -0.25) is 9.59 Å². The van der Waals surface area contributed by atoms with Crippen LogP contribution in [0.5, 0.6) is 0 Å². The van der Waals surface area contributed by atoms with Crippen molar-refractivity contribution in [2.75, 3.05) is 37.6 Å². The van der Waals surface area contributed by atoms with Crippen LogP contribution in [0.2, 0.25) is 0 Å². The number of benzene rings is 1. The minimum absolute atomic E-state index is 0.000734. The zero-order valence-corrected chi connectivity index (χ0v) is 15.3. The topological polar surface area (TPSA) is 52.7 Å². The van der Waals surface area contributed by atoms with Crippen LogP contribution in [0.15, 0.2) is 28.7 Å². The molecule has 2 amide bonds. The fourth-order valence-electron chi connectivity index (χ4n) is 2.81. The first-order chi connectivity index (χ1) is 11.1. The van der Waals surface area contributed by atoms with Gasteiger partial charge in [-0.05, 0) is 41.2 Å². The molecule has 126 valence electrons. The van der Waals surface area contributed by atoms with Crippen molar-refractivity contribution in [3.05, 3.63) is 28.7 Å². The fourth-order valence-corrected chi connectivity index (χ4v) is 3.31. The molecule has 23 heavy (non-hydrogen) atoms. The number of anilines is 1. The summed E-state index contributed by atoms with van der Waals surface area (Å²) in [7, 11) is 0. The van der Waals surface area contributed by atoms with Gasteiger partial charge in [0.25, 0.3) is 0 Å². The van der Waals surface area contributed by atoms with Crippen molar-refractivity contribution >= 4 is 33.4 Å². The van der Waals surface area contributed by atoms with Crippen molar-refractivity contribution < 1.29 is 9.59 Å². The Morgan fingerprint density at radius 1 is 1.35 bits per heavy atom. The van der Waals surface area contributed by atoms with Gasteiger partial charge in [-0.2, -0.15) is 0 Å². The van der Waals surface area contributed by atoms with Gasteiger partial charge in [0.2, 0.25) is 11.8 Å². The molecule has 0 bridgehead atoms. The second-order valence-electron chi connectivity index (χ2n) is 5.67. The molecule has 1 fully saturated rings. The summed E-state index contributed by atoms with van der Waals surface area (Å²) in [5.74, 6) is -0.299. The van der Waals surface area contributed by atoms with Crippen LogP contribution in [-0.4, -0.2) is 49.4 Å². The molecule has 0 aliphatic carbocycles. The van der Waals surface area contributed by atoms with E-state index in [4.69, 9.17) is 0 Å². The predicted octanol–water partition coefficient (Wildman–Crippen LogP) is 2.26. The summed E-state index contributed by atoms with van der Waals surface area (Å²) >= 11 is 3.46. The summed E-state index contributed by atoms with van der Waals surface area (Å²) in [5, 5.41) is 2.96. The Hall–Kier alpha value is -1.40. The van der Waals surface area contributed by atoms with Gasteiger partial charge in [0.15, 0.2) is 0 Å². The van der Waals surface area contributed by atoms with Gasteiger partial charge in [0.1, 0.15) is 0 Å². The molecule has 1 heterocycles. The van der Waals surface area contributed by atoms with Crippen LogP contribution in [0, 0.1) is 5.92 Å². The second-order valence-corrected chi connectivity index (χ2v) is 6.53. The molecule has 5 nitrogen and oxygen atoms in total. The Bertz CT molecular complexity index is 561. The number of nitrogens with one attached hydrogen (secondary N) is 1. The van der Waals surface area contributed by atoms with E-state index in [0.717, 1.165) is 29.8 Å². The highest BCUT2D eigenvalue weighted by Crippen LogP contribution is 2.31. The molecule has 1 aliphatic heterocycles. The highest BCUT2D eigenvalue weighted by molar-refractivity contribution is 9.10. The fraction of sp³-hybridized carbons (Fsp3) is 0.529. The lowest BCUT2D eigenvalue weighted by molar-refractivity contribution is -0.126. The highest BCUT2D eigenvalue weighted by atomic mass is 79.9. The standard InChI is InChI=1S/C17H24BrN3O2/c1-3-20(4-2)10-9-19-17(23)13-11-16(22)21(12-13)15-8-6-5-7-14(15)18/h5-8,13H,3-4,9-12H2,1-2H3,(H,19,23). The molecule has 0 saturated carbocycles. The minimum atomic E-state index is -0.272. The van der Waals surface area contributed by atoms with Gasteiger partial charge in [-0.1, -0.05) is 26.0 Å². The van der Waals surface area contributed by atoms with Crippen LogP contribution in [0.1, 0.15) is 20.3 Å². The third-order valence-corrected chi connectivity index (χ3v) is 4.93. The molecule has 1 aromatic carbocycles.